The number of hydrogen-bond acceptors (Lipinski definition) is 1. The normalized spacial score (nSPS) is 13.0. The largest absolute Gasteiger partial charge is 0.327 e. The van der Waals surface area contributed by atoms with Crippen LogP contribution in [0, 0.1) is 13.8 Å². The molecule has 2 N–H and O–H groups in total. The number of alkyl halides is 1. The summed E-state index contributed by atoms with van der Waals surface area (Å²) in [7, 11) is 0. The third-order valence-corrected chi connectivity index (χ3v) is 3.39. The van der Waals surface area contributed by atoms with E-state index < -0.39 is 6.17 Å². The molecule has 0 aliphatic rings. The van der Waals surface area contributed by atoms with Crippen LogP contribution < -0.4 is 5.73 Å². The van der Waals surface area contributed by atoms with Crippen LogP contribution in [0.3, 0.4) is 0 Å². The number of aryl methyl sites for hydroxylation is 1. The second-order valence-electron chi connectivity index (χ2n) is 3.11. The molecule has 72 valence electrons. The van der Waals surface area contributed by atoms with Crippen molar-refractivity contribution in [3.05, 3.63) is 33.3 Å². The monoisotopic (exact) mass is 245 g/mol. The molecular formula is C10H13BrFN. The van der Waals surface area contributed by atoms with E-state index in [0.29, 0.717) is 5.56 Å². The molecule has 0 aliphatic carbocycles. The minimum Gasteiger partial charge on any atom is -0.327 e. The molecule has 0 radical (unpaired) electrons. The summed E-state index contributed by atoms with van der Waals surface area (Å²) >= 11 is 3.42. The molecule has 0 aliphatic heterocycles. The maximum atomic E-state index is 13.3. The van der Waals surface area contributed by atoms with E-state index in [1.165, 1.54) is 0 Å². The fraction of sp³-hybridized carbons (Fsp3) is 0.400. The zero-order valence-corrected chi connectivity index (χ0v) is 9.36. The predicted octanol–water partition coefficient (Wildman–Crippen LogP) is 3.04. The molecule has 0 saturated heterocycles. The lowest BCUT2D eigenvalue weighted by Gasteiger charge is -2.12. The number of nitrogens with two attached hydrogens (primary N) is 1. The van der Waals surface area contributed by atoms with Crippen LogP contribution in [0.15, 0.2) is 16.6 Å². The van der Waals surface area contributed by atoms with E-state index in [-0.39, 0.29) is 6.54 Å². The van der Waals surface area contributed by atoms with Gasteiger partial charge in [-0.1, -0.05) is 28.1 Å². The minimum absolute atomic E-state index is 0.0380. The van der Waals surface area contributed by atoms with Crippen molar-refractivity contribution >= 4 is 15.9 Å². The van der Waals surface area contributed by atoms with E-state index in [2.05, 4.69) is 15.9 Å². The first-order valence-electron chi connectivity index (χ1n) is 4.17. The maximum Gasteiger partial charge on any atom is 0.138 e. The first kappa shape index (κ1) is 10.7. The molecule has 0 aromatic heterocycles. The summed E-state index contributed by atoms with van der Waals surface area (Å²) < 4.78 is 14.3. The van der Waals surface area contributed by atoms with Gasteiger partial charge < -0.3 is 5.73 Å². The topological polar surface area (TPSA) is 26.0 Å². The molecule has 1 aromatic carbocycles. The number of halogens is 2. The van der Waals surface area contributed by atoms with Crippen LogP contribution in [0.4, 0.5) is 4.39 Å². The average molecular weight is 246 g/mol. The maximum absolute atomic E-state index is 13.3. The van der Waals surface area contributed by atoms with E-state index >= 15 is 0 Å². The molecule has 0 spiro atoms. The molecule has 0 bridgehead atoms. The van der Waals surface area contributed by atoms with Gasteiger partial charge in [0.2, 0.25) is 0 Å². The Morgan fingerprint density at radius 1 is 1.46 bits per heavy atom. The van der Waals surface area contributed by atoms with Crippen LogP contribution >= 0.6 is 15.9 Å². The third-order valence-electron chi connectivity index (χ3n) is 2.17. The SMILES string of the molecule is Cc1ccc(C(F)CN)c(C)c1Br. The zero-order valence-electron chi connectivity index (χ0n) is 7.77. The Morgan fingerprint density at radius 2 is 2.08 bits per heavy atom. The summed E-state index contributed by atoms with van der Waals surface area (Å²) in [5, 5.41) is 0. The molecule has 13 heavy (non-hydrogen) atoms. The summed E-state index contributed by atoms with van der Waals surface area (Å²) in [5.41, 5.74) is 8.01. The predicted molar refractivity (Wildman–Crippen MR) is 56.5 cm³/mol. The molecule has 1 nitrogen and oxygen atoms in total. The molecule has 1 rings (SSSR count). The van der Waals surface area contributed by atoms with Crippen molar-refractivity contribution in [3.8, 4) is 0 Å². The smallest absolute Gasteiger partial charge is 0.138 e. The lowest BCUT2D eigenvalue weighted by molar-refractivity contribution is 0.351. The van der Waals surface area contributed by atoms with Crippen LogP contribution in [0.2, 0.25) is 0 Å². The first-order valence-corrected chi connectivity index (χ1v) is 4.97. The van der Waals surface area contributed by atoms with Crippen molar-refractivity contribution in [3.63, 3.8) is 0 Å². The van der Waals surface area contributed by atoms with Crippen molar-refractivity contribution in [2.75, 3.05) is 6.54 Å². The second kappa shape index (κ2) is 4.20. The number of hydrogen-bond donors (Lipinski definition) is 1. The van der Waals surface area contributed by atoms with E-state index in [4.69, 9.17) is 5.73 Å². The van der Waals surface area contributed by atoms with Gasteiger partial charge in [-0.05, 0) is 30.5 Å². The van der Waals surface area contributed by atoms with Crippen molar-refractivity contribution in [1.29, 1.82) is 0 Å². The number of rotatable bonds is 2. The van der Waals surface area contributed by atoms with Gasteiger partial charge in [-0.3, -0.25) is 0 Å². The van der Waals surface area contributed by atoms with Crippen LogP contribution in [0.5, 0.6) is 0 Å². The van der Waals surface area contributed by atoms with E-state index in [1.807, 2.05) is 19.9 Å². The highest BCUT2D eigenvalue weighted by Crippen LogP contribution is 2.28. The van der Waals surface area contributed by atoms with Crippen molar-refractivity contribution < 1.29 is 4.39 Å². The average Bonchev–Trinajstić information content (AvgIpc) is 2.13. The van der Waals surface area contributed by atoms with Gasteiger partial charge in [0, 0.05) is 11.0 Å². The summed E-state index contributed by atoms with van der Waals surface area (Å²) in [5.74, 6) is 0. The highest BCUT2D eigenvalue weighted by molar-refractivity contribution is 9.10. The van der Waals surface area contributed by atoms with Gasteiger partial charge in [-0.2, -0.15) is 0 Å². The molecule has 0 saturated carbocycles. The minimum atomic E-state index is -1.06. The van der Waals surface area contributed by atoms with Gasteiger partial charge >= 0.3 is 0 Å². The first-order chi connectivity index (χ1) is 6.07. The van der Waals surface area contributed by atoms with Crippen molar-refractivity contribution in [2.24, 2.45) is 5.73 Å². The third kappa shape index (κ3) is 2.09. The summed E-state index contributed by atoms with van der Waals surface area (Å²) in [4.78, 5) is 0. The van der Waals surface area contributed by atoms with Crippen molar-refractivity contribution in [2.45, 2.75) is 20.0 Å². The van der Waals surface area contributed by atoms with Gasteiger partial charge in [-0.15, -0.1) is 0 Å². The Morgan fingerprint density at radius 3 is 2.62 bits per heavy atom. The van der Waals surface area contributed by atoms with Crippen LogP contribution in [0.25, 0.3) is 0 Å². The molecule has 1 atom stereocenters. The molecule has 1 aromatic rings. The van der Waals surface area contributed by atoms with E-state index in [9.17, 15) is 4.39 Å². The molecule has 0 heterocycles. The zero-order chi connectivity index (χ0) is 10.0. The van der Waals surface area contributed by atoms with E-state index in [1.54, 1.807) is 6.07 Å². The Balaban J connectivity index is 3.18. The second-order valence-corrected chi connectivity index (χ2v) is 3.91. The highest BCUT2D eigenvalue weighted by Gasteiger charge is 2.12. The summed E-state index contributed by atoms with van der Waals surface area (Å²) in [6.45, 7) is 3.92. The lowest BCUT2D eigenvalue weighted by Crippen LogP contribution is -2.09. The fourth-order valence-corrected chi connectivity index (χ4v) is 1.66. The summed E-state index contributed by atoms with van der Waals surface area (Å²) in [6.07, 6.45) is -1.06. The van der Waals surface area contributed by atoms with Crippen LogP contribution in [-0.4, -0.2) is 6.54 Å². The highest BCUT2D eigenvalue weighted by atomic mass is 79.9. The van der Waals surface area contributed by atoms with Gasteiger partial charge in [0.1, 0.15) is 6.17 Å². The molecule has 1 unspecified atom stereocenters. The van der Waals surface area contributed by atoms with Crippen molar-refractivity contribution in [1.82, 2.24) is 0 Å². The lowest BCUT2D eigenvalue weighted by atomic mass is 10.0. The van der Waals surface area contributed by atoms with Crippen LogP contribution in [0.1, 0.15) is 22.9 Å². The summed E-state index contributed by atoms with van der Waals surface area (Å²) in [6, 6.07) is 3.70. The Labute approximate surface area is 86.3 Å². The quantitative estimate of drug-likeness (QED) is 0.852. The Bertz CT molecular complexity index is 312. The standard InChI is InChI=1S/C10H13BrFN/c1-6-3-4-8(9(12)5-13)7(2)10(6)11/h3-4,9H,5,13H2,1-2H3. The molecule has 0 fully saturated rings. The number of benzene rings is 1. The molecular weight excluding hydrogens is 233 g/mol. The van der Waals surface area contributed by atoms with Gasteiger partial charge in [0.25, 0.3) is 0 Å². The molecule has 3 heteroatoms. The Hall–Kier alpha value is -0.410. The Kier molecular flexibility index (Phi) is 3.45. The van der Waals surface area contributed by atoms with Gasteiger partial charge in [0.15, 0.2) is 0 Å². The fourth-order valence-electron chi connectivity index (χ4n) is 1.30. The van der Waals surface area contributed by atoms with E-state index in [0.717, 1.165) is 15.6 Å². The van der Waals surface area contributed by atoms with Gasteiger partial charge in [-0.25, -0.2) is 4.39 Å². The van der Waals surface area contributed by atoms with Crippen LogP contribution in [-0.2, 0) is 0 Å². The molecule has 0 amide bonds. The van der Waals surface area contributed by atoms with Gasteiger partial charge in [0.05, 0.1) is 0 Å².